The van der Waals surface area contributed by atoms with E-state index in [2.05, 4.69) is 0 Å². The predicted molar refractivity (Wildman–Crippen MR) is 71.5 cm³/mol. The first-order valence-electron chi connectivity index (χ1n) is 5.86. The fourth-order valence-electron chi connectivity index (χ4n) is 1.41. The molecule has 0 aliphatic heterocycles. The second-order valence-corrected chi connectivity index (χ2v) is 5.43. The number of nitrogens with zero attached hydrogens (tertiary/aromatic N) is 1. The number of carbonyl (C=O) groups is 2. The molecule has 20 heavy (non-hydrogen) atoms. The van der Waals surface area contributed by atoms with Gasteiger partial charge in [-0.3, -0.25) is 9.59 Å². The standard InChI is InChI=1S/C13H15F2NO3S/c1-8(13(18)19)6-16(2)12(17)7-20-9-3-4-10(14)11(15)5-9/h3-5,8H,6-7H2,1-2H3,(H,18,19). The van der Waals surface area contributed by atoms with Gasteiger partial charge in [0.2, 0.25) is 5.91 Å². The highest BCUT2D eigenvalue weighted by Gasteiger charge is 2.17. The first-order valence-corrected chi connectivity index (χ1v) is 6.84. The van der Waals surface area contributed by atoms with Gasteiger partial charge in [-0.1, -0.05) is 6.92 Å². The SMILES string of the molecule is CC(CN(C)C(=O)CSc1ccc(F)c(F)c1)C(=O)O. The summed E-state index contributed by atoms with van der Waals surface area (Å²) in [5.74, 6) is -3.76. The Morgan fingerprint density at radius 2 is 2.00 bits per heavy atom. The van der Waals surface area contributed by atoms with Crippen molar-refractivity contribution in [3.05, 3.63) is 29.8 Å². The number of carboxylic acid groups (broad SMARTS) is 1. The van der Waals surface area contributed by atoms with Crippen LogP contribution in [0.2, 0.25) is 0 Å². The third kappa shape index (κ3) is 4.80. The van der Waals surface area contributed by atoms with E-state index in [1.807, 2.05) is 0 Å². The van der Waals surface area contributed by atoms with Crippen molar-refractivity contribution in [1.29, 1.82) is 0 Å². The van der Waals surface area contributed by atoms with E-state index < -0.39 is 23.5 Å². The second kappa shape index (κ2) is 7.23. The third-order valence-corrected chi connectivity index (χ3v) is 3.63. The van der Waals surface area contributed by atoms with Crippen molar-refractivity contribution in [2.45, 2.75) is 11.8 Å². The van der Waals surface area contributed by atoms with Gasteiger partial charge in [-0.25, -0.2) is 8.78 Å². The van der Waals surface area contributed by atoms with E-state index in [4.69, 9.17) is 5.11 Å². The first kappa shape index (κ1) is 16.4. The van der Waals surface area contributed by atoms with Crippen molar-refractivity contribution in [3.63, 3.8) is 0 Å². The van der Waals surface area contributed by atoms with Crippen LogP contribution in [-0.4, -0.2) is 41.2 Å². The molecule has 1 N–H and O–H groups in total. The topological polar surface area (TPSA) is 57.6 Å². The lowest BCUT2D eigenvalue weighted by Gasteiger charge is -2.19. The zero-order chi connectivity index (χ0) is 15.3. The molecule has 1 atom stereocenters. The van der Waals surface area contributed by atoms with Crippen molar-refractivity contribution in [2.75, 3.05) is 19.3 Å². The van der Waals surface area contributed by atoms with Crippen LogP contribution in [0.5, 0.6) is 0 Å². The van der Waals surface area contributed by atoms with Gasteiger partial charge in [0.25, 0.3) is 0 Å². The van der Waals surface area contributed by atoms with Crippen molar-refractivity contribution in [2.24, 2.45) is 5.92 Å². The summed E-state index contributed by atoms with van der Waals surface area (Å²) < 4.78 is 25.7. The van der Waals surface area contributed by atoms with E-state index in [-0.39, 0.29) is 18.2 Å². The highest BCUT2D eigenvalue weighted by Crippen LogP contribution is 2.20. The van der Waals surface area contributed by atoms with Crippen molar-refractivity contribution < 1.29 is 23.5 Å². The van der Waals surface area contributed by atoms with E-state index in [0.717, 1.165) is 23.9 Å². The Kier molecular flexibility index (Phi) is 5.94. The molecule has 0 fully saturated rings. The molecule has 0 spiro atoms. The zero-order valence-corrected chi connectivity index (χ0v) is 11.9. The maximum Gasteiger partial charge on any atom is 0.308 e. The lowest BCUT2D eigenvalue weighted by Crippen LogP contribution is -2.34. The number of hydrogen-bond acceptors (Lipinski definition) is 3. The van der Waals surface area contributed by atoms with E-state index in [9.17, 15) is 18.4 Å². The summed E-state index contributed by atoms with van der Waals surface area (Å²) in [6, 6.07) is 3.40. The van der Waals surface area contributed by atoms with Crippen LogP contribution < -0.4 is 0 Å². The zero-order valence-electron chi connectivity index (χ0n) is 11.1. The fraction of sp³-hybridized carbons (Fsp3) is 0.385. The maximum absolute atomic E-state index is 13.0. The number of carbonyl (C=O) groups excluding carboxylic acids is 1. The molecule has 4 nitrogen and oxygen atoms in total. The summed E-state index contributed by atoms with van der Waals surface area (Å²) in [5.41, 5.74) is 0. The third-order valence-electron chi connectivity index (χ3n) is 2.65. The average molecular weight is 303 g/mol. The van der Waals surface area contributed by atoms with Gasteiger partial charge in [0.1, 0.15) is 0 Å². The second-order valence-electron chi connectivity index (χ2n) is 4.38. The van der Waals surface area contributed by atoms with E-state index in [0.29, 0.717) is 4.90 Å². The maximum atomic E-state index is 13.0. The quantitative estimate of drug-likeness (QED) is 0.819. The molecule has 0 bridgehead atoms. The van der Waals surface area contributed by atoms with E-state index in [1.165, 1.54) is 24.9 Å². The molecule has 7 heteroatoms. The molecule has 1 aromatic rings. The molecule has 0 aliphatic rings. The molecule has 0 aliphatic carbocycles. The number of hydrogen-bond donors (Lipinski definition) is 1. The Hall–Kier alpha value is -1.63. The van der Waals surface area contributed by atoms with Crippen LogP contribution in [0.15, 0.2) is 23.1 Å². The number of benzene rings is 1. The smallest absolute Gasteiger partial charge is 0.308 e. The summed E-state index contributed by atoms with van der Waals surface area (Å²) >= 11 is 1.07. The van der Waals surface area contributed by atoms with Crippen LogP contribution in [0, 0.1) is 17.6 Å². The number of rotatable bonds is 6. The summed E-state index contributed by atoms with van der Waals surface area (Å²) in [7, 11) is 1.51. The Balaban J connectivity index is 2.50. The van der Waals surface area contributed by atoms with Gasteiger partial charge in [-0.15, -0.1) is 11.8 Å². The molecule has 0 radical (unpaired) electrons. The van der Waals surface area contributed by atoms with Gasteiger partial charge in [-0.2, -0.15) is 0 Å². The van der Waals surface area contributed by atoms with Crippen molar-refractivity contribution in [1.82, 2.24) is 4.90 Å². The lowest BCUT2D eigenvalue weighted by atomic mass is 10.2. The Labute approximate surface area is 119 Å². The first-order chi connectivity index (χ1) is 9.31. The summed E-state index contributed by atoms with van der Waals surface area (Å²) in [4.78, 5) is 24.2. The number of aliphatic carboxylic acids is 1. The molecule has 1 rings (SSSR count). The molecule has 0 aromatic heterocycles. The average Bonchev–Trinajstić information content (AvgIpc) is 2.39. The number of carboxylic acids is 1. The van der Waals surface area contributed by atoms with Crippen molar-refractivity contribution >= 4 is 23.6 Å². The predicted octanol–water partition coefficient (Wildman–Crippen LogP) is 2.24. The summed E-state index contributed by atoms with van der Waals surface area (Å²) in [5, 5.41) is 8.76. The number of halogens is 2. The molecule has 0 saturated carbocycles. The Bertz CT molecular complexity index is 510. The molecular formula is C13H15F2NO3S. The van der Waals surface area contributed by atoms with Crippen LogP contribution in [0.25, 0.3) is 0 Å². The lowest BCUT2D eigenvalue weighted by molar-refractivity contribution is -0.142. The largest absolute Gasteiger partial charge is 0.481 e. The normalized spacial score (nSPS) is 12.0. The summed E-state index contributed by atoms with van der Waals surface area (Å²) in [6.07, 6.45) is 0. The van der Waals surface area contributed by atoms with Crippen molar-refractivity contribution in [3.8, 4) is 0 Å². The fourth-order valence-corrected chi connectivity index (χ4v) is 2.27. The van der Waals surface area contributed by atoms with Crippen LogP contribution >= 0.6 is 11.8 Å². The highest BCUT2D eigenvalue weighted by atomic mass is 32.2. The van der Waals surface area contributed by atoms with Gasteiger partial charge in [0.05, 0.1) is 11.7 Å². The molecular weight excluding hydrogens is 288 g/mol. The minimum absolute atomic E-state index is 0.0356. The van der Waals surface area contributed by atoms with Crippen LogP contribution in [-0.2, 0) is 9.59 Å². The van der Waals surface area contributed by atoms with Gasteiger partial charge in [0.15, 0.2) is 11.6 Å². The van der Waals surface area contributed by atoms with E-state index in [1.54, 1.807) is 0 Å². The number of amides is 1. The minimum atomic E-state index is -0.974. The molecule has 1 amide bonds. The molecule has 1 aromatic carbocycles. The van der Waals surface area contributed by atoms with Gasteiger partial charge in [0, 0.05) is 18.5 Å². The number of thioether (sulfide) groups is 1. The molecule has 0 saturated heterocycles. The highest BCUT2D eigenvalue weighted by molar-refractivity contribution is 8.00. The van der Waals surface area contributed by atoms with E-state index >= 15 is 0 Å². The summed E-state index contributed by atoms with van der Waals surface area (Å²) in [6.45, 7) is 1.61. The minimum Gasteiger partial charge on any atom is -0.481 e. The van der Waals surface area contributed by atoms with Crippen LogP contribution in [0.3, 0.4) is 0 Å². The Morgan fingerprint density at radius 3 is 2.55 bits per heavy atom. The Morgan fingerprint density at radius 1 is 1.35 bits per heavy atom. The van der Waals surface area contributed by atoms with Gasteiger partial charge < -0.3 is 10.0 Å². The monoisotopic (exact) mass is 303 g/mol. The molecule has 0 heterocycles. The molecule has 1 unspecified atom stereocenters. The molecule has 110 valence electrons. The van der Waals surface area contributed by atoms with Crippen LogP contribution in [0.4, 0.5) is 8.78 Å². The van der Waals surface area contributed by atoms with Gasteiger partial charge in [-0.05, 0) is 18.2 Å². The van der Waals surface area contributed by atoms with Crippen LogP contribution in [0.1, 0.15) is 6.92 Å². The van der Waals surface area contributed by atoms with Gasteiger partial charge >= 0.3 is 5.97 Å².